The van der Waals surface area contributed by atoms with Gasteiger partial charge in [-0.15, -0.1) is 22.6 Å². The number of benzene rings is 3. The summed E-state index contributed by atoms with van der Waals surface area (Å²) in [7, 11) is 0. The zero-order valence-corrected chi connectivity index (χ0v) is 30.2. The van der Waals surface area contributed by atoms with E-state index in [9.17, 15) is 14.4 Å². The van der Waals surface area contributed by atoms with Crippen LogP contribution in [0.3, 0.4) is 0 Å². The molecular formula is C38H48ClN9O4. The van der Waals surface area contributed by atoms with E-state index in [-0.39, 0.29) is 42.1 Å². The number of nitrogens with two attached hydrogens (primary N) is 1. The Morgan fingerprint density at radius 2 is 1.63 bits per heavy atom. The quantitative estimate of drug-likeness (QED) is 0.117. The third kappa shape index (κ3) is 9.93. The number of piperidine rings is 1. The van der Waals surface area contributed by atoms with E-state index in [2.05, 4.69) is 41.9 Å². The number of aromatic nitrogens is 4. The van der Waals surface area contributed by atoms with Crippen molar-refractivity contribution in [2.45, 2.75) is 64.0 Å². The number of rotatable bonds is 13. The third-order valence-corrected chi connectivity index (χ3v) is 9.86. The van der Waals surface area contributed by atoms with Crippen molar-refractivity contribution in [1.82, 2.24) is 36.6 Å². The van der Waals surface area contributed by atoms with Gasteiger partial charge in [0.15, 0.2) is 0 Å². The molecule has 1 saturated carbocycles. The summed E-state index contributed by atoms with van der Waals surface area (Å²) < 4.78 is 5.99. The van der Waals surface area contributed by atoms with Gasteiger partial charge in [-0.3, -0.25) is 14.4 Å². The van der Waals surface area contributed by atoms with E-state index in [1.54, 1.807) is 30.3 Å². The molecule has 0 unspecified atom stereocenters. The summed E-state index contributed by atoms with van der Waals surface area (Å²) in [6.45, 7) is 4.80. The SMILES string of the molecule is CCOc1cc(C(=O)NC2CCNCC2)ccc1-c1ccc(C[C@H](NC(=O)C2CCC(CN)CC2)C(=O)Nc2ccc(-c3nn[nH]n3)cc2)cc1.Cl. The molecule has 276 valence electrons. The van der Waals surface area contributed by atoms with Crippen LogP contribution in [-0.2, 0) is 16.0 Å². The monoisotopic (exact) mass is 729 g/mol. The van der Waals surface area contributed by atoms with Crippen LogP contribution >= 0.6 is 12.4 Å². The highest BCUT2D eigenvalue weighted by atomic mass is 35.5. The van der Waals surface area contributed by atoms with Gasteiger partial charge in [0, 0.05) is 40.8 Å². The number of halogens is 1. The van der Waals surface area contributed by atoms with Gasteiger partial charge in [0.1, 0.15) is 11.8 Å². The fourth-order valence-corrected chi connectivity index (χ4v) is 6.84. The zero-order valence-electron chi connectivity index (χ0n) is 29.4. The molecule has 1 atom stereocenters. The molecule has 13 nitrogen and oxygen atoms in total. The first-order chi connectivity index (χ1) is 24.9. The van der Waals surface area contributed by atoms with Crippen LogP contribution in [0.25, 0.3) is 22.5 Å². The van der Waals surface area contributed by atoms with Gasteiger partial charge in [-0.05, 0) is 130 Å². The summed E-state index contributed by atoms with van der Waals surface area (Å²) in [5, 5.41) is 26.5. The summed E-state index contributed by atoms with van der Waals surface area (Å²) in [4.78, 5) is 40.2. The number of tetrazole rings is 1. The van der Waals surface area contributed by atoms with Crippen molar-refractivity contribution in [3.05, 3.63) is 77.9 Å². The minimum absolute atomic E-state index is 0. The number of hydrogen-bond donors (Lipinski definition) is 6. The van der Waals surface area contributed by atoms with Crippen molar-refractivity contribution in [2.75, 3.05) is 31.6 Å². The Balaban J connectivity index is 0.00000523. The highest BCUT2D eigenvalue weighted by molar-refractivity contribution is 5.98. The van der Waals surface area contributed by atoms with E-state index in [1.165, 1.54) is 0 Å². The van der Waals surface area contributed by atoms with Gasteiger partial charge in [-0.1, -0.05) is 24.3 Å². The third-order valence-electron chi connectivity index (χ3n) is 9.86. The van der Waals surface area contributed by atoms with Crippen LogP contribution in [-0.4, -0.2) is 76.7 Å². The fourth-order valence-electron chi connectivity index (χ4n) is 6.84. The lowest BCUT2D eigenvalue weighted by Gasteiger charge is -2.28. The number of anilines is 1. The van der Waals surface area contributed by atoms with Crippen LogP contribution in [0.15, 0.2) is 66.7 Å². The Bertz CT molecular complexity index is 1760. The fraction of sp³-hybridized carbons (Fsp3) is 0.421. The summed E-state index contributed by atoms with van der Waals surface area (Å²) in [6, 6.07) is 19.9. The first-order valence-corrected chi connectivity index (χ1v) is 17.9. The number of aromatic amines is 1. The van der Waals surface area contributed by atoms with Gasteiger partial charge in [0.2, 0.25) is 17.6 Å². The molecular weight excluding hydrogens is 682 g/mol. The lowest BCUT2D eigenvalue weighted by Crippen LogP contribution is -2.48. The number of amides is 3. The number of H-pyrrole nitrogens is 1. The number of nitrogens with one attached hydrogen (secondary N) is 5. The first-order valence-electron chi connectivity index (χ1n) is 17.9. The molecule has 2 fully saturated rings. The Labute approximate surface area is 310 Å². The van der Waals surface area contributed by atoms with Crippen molar-refractivity contribution < 1.29 is 19.1 Å². The molecule has 0 radical (unpaired) electrons. The maximum absolute atomic E-state index is 13.7. The molecule has 4 aromatic rings. The lowest BCUT2D eigenvalue weighted by atomic mass is 9.81. The Kier molecular flexibility index (Phi) is 13.7. The number of hydrogen-bond acceptors (Lipinski definition) is 9. The maximum Gasteiger partial charge on any atom is 0.251 e. The molecule has 14 heteroatoms. The molecule has 2 aliphatic rings. The second-order valence-corrected chi connectivity index (χ2v) is 13.4. The molecule has 1 saturated heterocycles. The molecule has 7 N–H and O–H groups in total. The summed E-state index contributed by atoms with van der Waals surface area (Å²) in [5.41, 5.74) is 10.4. The largest absolute Gasteiger partial charge is 0.493 e. The highest BCUT2D eigenvalue weighted by Gasteiger charge is 2.29. The van der Waals surface area contributed by atoms with E-state index in [4.69, 9.17) is 10.5 Å². The smallest absolute Gasteiger partial charge is 0.251 e. The van der Waals surface area contributed by atoms with Gasteiger partial charge in [-0.25, -0.2) is 0 Å². The number of carbonyl (C=O) groups excluding carboxylic acids is 3. The van der Waals surface area contributed by atoms with Crippen molar-refractivity contribution in [3.63, 3.8) is 0 Å². The van der Waals surface area contributed by atoms with Crippen LogP contribution in [0.2, 0.25) is 0 Å². The highest BCUT2D eigenvalue weighted by Crippen LogP contribution is 2.32. The molecule has 3 aromatic carbocycles. The molecule has 1 aromatic heterocycles. The van der Waals surface area contributed by atoms with Crippen LogP contribution in [0.5, 0.6) is 5.75 Å². The van der Waals surface area contributed by atoms with E-state index in [0.717, 1.165) is 73.9 Å². The molecule has 6 rings (SSSR count). The molecule has 52 heavy (non-hydrogen) atoms. The van der Waals surface area contributed by atoms with Crippen LogP contribution < -0.4 is 31.7 Å². The number of nitrogens with zero attached hydrogens (tertiary/aromatic N) is 3. The van der Waals surface area contributed by atoms with E-state index >= 15 is 0 Å². The first kappa shape index (κ1) is 38.4. The second kappa shape index (κ2) is 18.6. The van der Waals surface area contributed by atoms with Gasteiger partial charge in [0.05, 0.1) is 6.61 Å². The van der Waals surface area contributed by atoms with Crippen molar-refractivity contribution in [3.8, 4) is 28.3 Å². The average molecular weight is 730 g/mol. The Morgan fingerprint density at radius 1 is 0.923 bits per heavy atom. The van der Waals surface area contributed by atoms with E-state index in [0.29, 0.717) is 48.3 Å². The number of carbonyl (C=O) groups is 3. The van der Waals surface area contributed by atoms with Crippen LogP contribution in [0, 0.1) is 11.8 Å². The van der Waals surface area contributed by atoms with E-state index < -0.39 is 6.04 Å². The standard InChI is InChI=1S/C38H47N9O4.ClH/c1-2-51-34-22-29(37(49)41-31-17-19-40-20-18-31)13-16-32(34)26-7-3-24(4-8-26)21-33(43-36(48)28-9-5-25(23-39)6-10-28)38(50)42-30-14-11-27(12-15-30)35-44-46-47-45-35;/h3-4,7-8,11-16,22,25,28,31,33,40H,2,5-6,9-10,17-21,23,39H2,1H3,(H,41,49)(H,42,50)(H,43,48)(H,44,45,46,47);1H/t25?,28?,33-;/m0./s1. The van der Waals surface area contributed by atoms with Crippen LogP contribution in [0.4, 0.5) is 5.69 Å². The minimum atomic E-state index is -0.802. The Hall–Kier alpha value is -4.85. The predicted molar refractivity (Wildman–Crippen MR) is 202 cm³/mol. The second-order valence-electron chi connectivity index (χ2n) is 13.4. The molecule has 2 heterocycles. The van der Waals surface area contributed by atoms with Crippen molar-refractivity contribution in [2.24, 2.45) is 17.6 Å². The van der Waals surface area contributed by atoms with Gasteiger partial charge < -0.3 is 31.7 Å². The lowest BCUT2D eigenvalue weighted by molar-refractivity contribution is -0.130. The molecule has 1 aliphatic carbocycles. The number of ether oxygens (including phenoxy) is 1. The van der Waals surface area contributed by atoms with E-state index in [1.807, 2.05) is 43.3 Å². The molecule has 1 aliphatic heterocycles. The summed E-state index contributed by atoms with van der Waals surface area (Å²) in [6.07, 6.45) is 5.45. The average Bonchev–Trinajstić information content (AvgIpc) is 3.71. The van der Waals surface area contributed by atoms with Crippen molar-refractivity contribution in [1.29, 1.82) is 0 Å². The molecule has 3 amide bonds. The predicted octanol–water partition coefficient (Wildman–Crippen LogP) is 4.27. The van der Waals surface area contributed by atoms with Gasteiger partial charge in [-0.2, -0.15) is 5.21 Å². The summed E-state index contributed by atoms with van der Waals surface area (Å²) in [5.74, 6) is 0.842. The minimum Gasteiger partial charge on any atom is -0.493 e. The maximum atomic E-state index is 13.7. The van der Waals surface area contributed by atoms with Crippen LogP contribution in [0.1, 0.15) is 61.4 Å². The Morgan fingerprint density at radius 3 is 2.29 bits per heavy atom. The topological polar surface area (TPSA) is 189 Å². The zero-order chi connectivity index (χ0) is 35.6. The normalized spacial score (nSPS) is 18.0. The van der Waals surface area contributed by atoms with Gasteiger partial charge >= 0.3 is 0 Å². The molecule has 0 spiro atoms. The van der Waals surface area contributed by atoms with Gasteiger partial charge in [0.25, 0.3) is 5.91 Å². The molecule has 0 bridgehead atoms. The summed E-state index contributed by atoms with van der Waals surface area (Å²) >= 11 is 0. The van der Waals surface area contributed by atoms with Crippen molar-refractivity contribution >= 4 is 35.8 Å².